The number of rotatable bonds is 10. The predicted octanol–water partition coefficient (Wildman–Crippen LogP) is 11.0. The first-order chi connectivity index (χ1) is 22.5. The maximum atomic E-state index is 9.12. The number of benzene rings is 4. The van der Waals surface area contributed by atoms with Gasteiger partial charge in [0.25, 0.3) is 0 Å². The van der Waals surface area contributed by atoms with Crippen LogP contribution < -0.4 is 9.47 Å². The van der Waals surface area contributed by atoms with E-state index in [1.165, 1.54) is 46.6 Å². The van der Waals surface area contributed by atoms with Crippen LogP contribution in [-0.4, -0.2) is 53.4 Å². The minimum absolute atomic E-state index is 0. The largest absolute Gasteiger partial charge is 0.508 e. The van der Waals surface area contributed by atoms with Gasteiger partial charge in [-0.3, -0.25) is 9.80 Å². The highest BCUT2D eigenvalue weighted by Gasteiger charge is 2.19. The normalized spacial score (nSPS) is 13.0. The number of carbonyl (C=O) groups excluding carboxylic acids is 1. The third-order valence-electron chi connectivity index (χ3n) is 7.46. The van der Waals surface area contributed by atoms with Crippen molar-refractivity contribution >= 4 is 30.3 Å². The summed E-state index contributed by atoms with van der Waals surface area (Å²) in [6.07, 6.45) is 4.88. The molecule has 0 atom stereocenters. The van der Waals surface area contributed by atoms with Gasteiger partial charge < -0.3 is 24.5 Å². The smallest absolute Gasteiger partial charge is 0.142 e. The van der Waals surface area contributed by atoms with Crippen LogP contribution in [0.1, 0.15) is 74.4 Å². The van der Waals surface area contributed by atoms with Crippen molar-refractivity contribution in [2.75, 3.05) is 26.6 Å². The molecule has 0 spiro atoms. The highest BCUT2D eigenvalue weighted by Crippen LogP contribution is 2.36. The summed E-state index contributed by atoms with van der Waals surface area (Å²) in [5, 5.41) is 18.2. The van der Waals surface area contributed by atoms with Gasteiger partial charge in [0.15, 0.2) is 0 Å². The van der Waals surface area contributed by atoms with Gasteiger partial charge >= 0.3 is 0 Å². The molecule has 270 valence electrons. The van der Waals surface area contributed by atoms with Crippen LogP contribution in [0.15, 0.2) is 105 Å². The molecule has 49 heavy (non-hydrogen) atoms. The molecular weight excluding hydrogens is 653 g/mol. The Kier molecular flexibility index (Phi) is 20.3. The van der Waals surface area contributed by atoms with Crippen LogP contribution in [-0.2, 0) is 17.9 Å². The van der Waals surface area contributed by atoms with E-state index < -0.39 is 0 Å². The lowest BCUT2D eigenvalue weighted by Crippen LogP contribution is -2.32. The minimum atomic E-state index is 0. The number of fused-ring (bicyclic) bond motifs is 2. The summed E-state index contributed by atoms with van der Waals surface area (Å²) >= 11 is 3.41. The summed E-state index contributed by atoms with van der Waals surface area (Å²) in [6.45, 7) is 12.1. The topological polar surface area (TPSA) is 82.5 Å². The van der Waals surface area contributed by atoms with Crippen molar-refractivity contribution in [1.82, 2.24) is 9.80 Å². The summed E-state index contributed by atoms with van der Waals surface area (Å²) in [6, 6.07) is 27.2. The van der Waals surface area contributed by atoms with Gasteiger partial charge in [0.1, 0.15) is 43.2 Å². The van der Waals surface area contributed by atoms with Gasteiger partial charge in [-0.15, -0.1) is 0 Å². The first-order valence-electron chi connectivity index (χ1n) is 15.7. The van der Waals surface area contributed by atoms with Crippen LogP contribution >= 0.6 is 23.5 Å². The number of phenolic OH excluding ortho intramolecular Hbond substituents is 2. The highest BCUT2D eigenvalue weighted by atomic mass is 32.2. The molecule has 0 bridgehead atoms. The second-order valence-electron chi connectivity index (χ2n) is 11.1. The van der Waals surface area contributed by atoms with Crippen molar-refractivity contribution in [1.29, 1.82) is 0 Å². The van der Waals surface area contributed by atoms with Crippen molar-refractivity contribution in [2.45, 2.75) is 94.5 Å². The summed E-state index contributed by atoms with van der Waals surface area (Å²) < 4.78 is 11.9. The lowest BCUT2D eigenvalue weighted by Gasteiger charge is -2.29. The average molecular weight is 712 g/mol. The molecule has 2 aliphatic heterocycles. The molecule has 9 heteroatoms. The van der Waals surface area contributed by atoms with Gasteiger partial charge in [0, 0.05) is 58.3 Å². The molecular formula is C40H58N2O5S2. The fourth-order valence-electron chi connectivity index (χ4n) is 5.01. The van der Waals surface area contributed by atoms with Crippen molar-refractivity contribution in [2.24, 2.45) is 0 Å². The minimum Gasteiger partial charge on any atom is -0.508 e. The molecule has 0 saturated heterocycles. The van der Waals surface area contributed by atoms with Crippen molar-refractivity contribution < 1.29 is 25.9 Å². The third-order valence-corrected chi connectivity index (χ3v) is 9.45. The van der Waals surface area contributed by atoms with Crippen molar-refractivity contribution in [3.8, 4) is 23.0 Å². The molecule has 0 saturated carbocycles. The lowest BCUT2D eigenvalue weighted by atomic mass is 10.1. The molecule has 6 rings (SSSR count). The van der Waals surface area contributed by atoms with E-state index in [0.29, 0.717) is 13.5 Å². The maximum absolute atomic E-state index is 9.12. The number of phenols is 2. The Morgan fingerprint density at radius 1 is 0.612 bits per heavy atom. The first-order valence-corrected chi connectivity index (χ1v) is 17.3. The number of aromatic hydroxyl groups is 2. The van der Waals surface area contributed by atoms with Crippen LogP contribution in [0, 0.1) is 0 Å². The first kappa shape index (κ1) is 43.4. The van der Waals surface area contributed by atoms with Crippen LogP contribution in [0.25, 0.3) is 0 Å². The number of hydrogen-bond donors (Lipinski definition) is 2. The Morgan fingerprint density at radius 2 is 0.959 bits per heavy atom. The number of hydrogen-bond acceptors (Lipinski definition) is 9. The van der Waals surface area contributed by atoms with Gasteiger partial charge in [-0.25, -0.2) is 0 Å². The highest BCUT2D eigenvalue weighted by molar-refractivity contribution is 7.99. The second kappa shape index (κ2) is 22.9. The zero-order valence-electron chi connectivity index (χ0n) is 26.7. The fourth-order valence-corrected chi connectivity index (χ4v) is 6.78. The summed E-state index contributed by atoms with van der Waals surface area (Å²) in [5.41, 5.74) is 2.59. The fraction of sp³-hybridized carbons (Fsp3) is 0.375. The number of nitrogens with zero attached hydrogens (tertiary/aromatic N) is 2. The van der Waals surface area contributed by atoms with Gasteiger partial charge in [0.2, 0.25) is 0 Å². The summed E-state index contributed by atoms with van der Waals surface area (Å²) in [5.74, 6) is 2.61. The molecule has 2 aliphatic rings. The molecule has 7 nitrogen and oxygen atoms in total. The lowest BCUT2D eigenvalue weighted by molar-refractivity contribution is -0.0980. The molecule has 0 unspecified atom stereocenters. The van der Waals surface area contributed by atoms with Gasteiger partial charge in [-0.2, -0.15) is 0 Å². The van der Waals surface area contributed by atoms with E-state index >= 15 is 0 Å². The van der Waals surface area contributed by atoms with Crippen LogP contribution in [0.3, 0.4) is 0 Å². The Morgan fingerprint density at radius 3 is 1.33 bits per heavy atom. The number of carbonyl (C=O) groups is 1. The van der Waals surface area contributed by atoms with Crippen LogP contribution in [0.2, 0.25) is 0 Å². The quantitative estimate of drug-likeness (QED) is 0.167. The van der Waals surface area contributed by atoms with Gasteiger partial charge in [-0.1, -0.05) is 72.5 Å². The maximum Gasteiger partial charge on any atom is 0.142 e. The SMILES string of the molecule is C.C.C.C=O.CCCCN1COc2ccc(Sc3ccc4c(c3)CN(CCCC)CO4)cc2C1.Oc1ccc(Sc2ccc(O)cc2)cc1.[2HH]. The van der Waals surface area contributed by atoms with E-state index in [0.717, 1.165) is 47.5 Å². The van der Waals surface area contributed by atoms with Crippen LogP contribution in [0.5, 0.6) is 23.0 Å². The Hall–Kier alpha value is -3.63. The van der Waals surface area contributed by atoms with Crippen LogP contribution in [0.4, 0.5) is 0 Å². The van der Waals surface area contributed by atoms with Gasteiger partial charge in [-0.05, 0) is 97.8 Å². The van der Waals surface area contributed by atoms with E-state index in [2.05, 4.69) is 60.0 Å². The molecule has 0 radical (unpaired) electrons. The number of ether oxygens (including phenoxy) is 2. The summed E-state index contributed by atoms with van der Waals surface area (Å²) in [4.78, 5) is 17.4. The molecule has 0 amide bonds. The summed E-state index contributed by atoms with van der Waals surface area (Å²) in [7, 11) is 0. The molecule has 0 fully saturated rings. The Balaban J connectivity index is 0.000000981. The van der Waals surface area contributed by atoms with E-state index in [1.807, 2.05) is 42.8 Å². The van der Waals surface area contributed by atoms with Crippen molar-refractivity contribution in [3.63, 3.8) is 0 Å². The van der Waals surface area contributed by atoms with Gasteiger partial charge in [0.05, 0.1) is 0 Å². The Bertz CT molecular complexity index is 1400. The standard InChI is InChI=1S/C24H32N2O2S.C12H10O2S.CH2O.3CH4.H2/c1-3-5-11-25-15-19-13-21(7-9-23(19)27-17-25)29-22-8-10-24-20(14-22)16-26(18-28-24)12-6-4-2;13-9-1-5-11(6-2-9)15-12-7-3-10(14)4-8-12;1-2;;;;/h7-10,13-14H,3-6,11-12,15-18H2,1-2H3;1-8,13-14H;1H2;3*1H4;1H/i;;;;;;1+1. The Labute approximate surface area is 305 Å². The van der Waals surface area contributed by atoms with E-state index in [4.69, 9.17) is 24.5 Å². The molecule has 4 aromatic carbocycles. The average Bonchev–Trinajstić information content (AvgIpc) is 3.09. The molecule has 0 aromatic heterocycles. The number of unbranched alkanes of at least 4 members (excludes halogenated alkanes) is 2. The van der Waals surface area contributed by atoms with E-state index in [-0.39, 0.29) is 35.2 Å². The monoisotopic (exact) mass is 711 g/mol. The third kappa shape index (κ3) is 13.7. The molecule has 2 heterocycles. The van der Waals surface area contributed by atoms with E-state index in [9.17, 15) is 0 Å². The molecule has 4 aromatic rings. The second-order valence-corrected chi connectivity index (χ2v) is 13.4. The predicted molar refractivity (Wildman–Crippen MR) is 208 cm³/mol. The zero-order chi connectivity index (χ0) is 32.7. The zero-order valence-corrected chi connectivity index (χ0v) is 28.3. The van der Waals surface area contributed by atoms with Crippen molar-refractivity contribution in [3.05, 3.63) is 96.1 Å². The van der Waals surface area contributed by atoms with E-state index in [1.54, 1.807) is 36.0 Å². The molecule has 2 N–H and O–H groups in total. The molecule has 0 aliphatic carbocycles.